The van der Waals surface area contributed by atoms with Gasteiger partial charge in [-0.3, -0.25) is 39.0 Å². The van der Waals surface area contributed by atoms with Gasteiger partial charge >= 0.3 is 118 Å². The van der Waals surface area contributed by atoms with Gasteiger partial charge in [-0.15, -0.1) is 11.5 Å². The van der Waals surface area contributed by atoms with Crippen LogP contribution < -0.4 is 172 Å². The number of aliphatic carboxylic acids is 2. The van der Waals surface area contributed by atoms with Crippen molar-refractivity contribution < 1.29 is 174 Å². The zero-order chi connectivity index (χ0) is 58.1. The summed E-state index contributed by atoms with van der Waals surface area (Å²) in [6.45, 7) is 21.1. The number of rotatable bonds is 12. The van der Waals surface area contributed by atoms with Crippen LogP contribution in [0.25, 0.3) is 12.2 Å². The van der Waals surface area contributed by atoms with E-state index in [0.717, 1.165) is 24.3 Å². The Kier molecular flexibility index (Phi) is 25.9. The summed E-state index contributed by atoms with van der Waals surface area (Å²) in [6.07, 6.45) is 2.32. The second kappa shape index (κ2) is 28.8. The molecule has 4 aromatic carbocycles. The summed E-state index contributed by atoms with van der Waals surface area (Å²) in [5, 5.41) is 49.8. The van der Waals surface area contributed by atoms with Crippen LogP contribution in [0.1, 0.15) is 116 Å². The van der Waals surface area contributed by atoms with Crippen molar-refractivity contribution in [3.63, 3.8) is 0 Å². The van der Waals surface area contributed by atoms with E-state index in [1.807, 2.05) is 83.1 Å². The zero-order valence-corrected chi connectivity index (χ0v) is 58.5. The number of benzene rings is 4. The van der Waals surface area contributed by atoms with Crippen LogP contribution in [0.3, 0.4) is 0 Å². The predicted molar refractivity (Wildman–Crippen MR) is 279 cm³/mol. The van der Waals surface area contributed by atoms with Crippen molar-refractivity contribution in [2.75, 3.05) is 13.1 Å². The van der Waals surface area contributed by atoms with Crippen LogP contribution in [0.15, 0.2) is 100 Å². The SMILES string of the molecule is CC(C)(C)c1cc(N=c2[nH]c(=NCC(=O)[O-])[nH]c(=Nc3ccc(/C=C/c4ccc(N=c5[nH]c(=NCC(=O)[O-])[nH]c(=Nc6cc(C(C)(C)C)c([O-])c(C(C)(C)C)c6)[nH]5)cc4S(=O)(=O)O)c(S(=O)(=O)O)c3)[nH]2)cc(C(C)(C)C)c1[O-].[Na+].[Na+].[Na+].[Na+]. The predicted octanol–water partition coefficient (Wildman–Crippen LogP) is -10.1. The summed E-state index contributed by atoms with van der Waals surface area (Å²) < 4.78 is 72.3. The molecular weight excluding hydrogens is 1140 g/mol. The second-order valence-corrected chi connectivity index (χ2v) is 24.9. The molecule has 24 nitrogen and oxygen atoms in total. The molecule has 8 N–H and O–H groups in total. The van der Waals surface area contributed by atoms with Crippen molar-refractivity contribution in [3.8, 4) is 11.5 Å². The van der Waals surface area contributed by atoms with Gasteiger partial charge in [-0.25, -0.2) is 30.0 Å². The smallest absolute Gasteiger partial charge is 0.872 e. The van der Waals surface area contributed by atoms with Crippen LogP contribution in [0.5, 0.6) is 11.5 Å². The molecule has 2 aromatic heterocycles. The van der Waals surface area contributed by atoms with Gasteiger partial charge in [0.1, 0.15) is 9.79 Å². The quantitative estimate of drug-likeness (QED) is 0.0322. The number of hydrogen-bond donors (Lipinski definition) is 8. The van der Waals surface area contributed by atoms with Crippen LogP contribution in [-0.4, -0.2) is 80.9 Å². The third-order valence-electron chi connectivity index (χ3n) is 11.5. The van der Waals surface area contributed by atoms with Gasteiger partial charge in [0.25, 0.3) is 20.2 Å². The van der Waals surface area contributed by atoms with Crippen LogP contribution in [0.4, 0.5) is 22.7 Å². The number of carbonyl (C=O) groups excluding carboxylic acids is 2. The maximum Gasteiger partial charge on any atom is 1.00 e. The number of aromatic amines is 6. The van der Waals surface area contributed by atoms with Crippen molar-refractivity contribution in [2.45, 2.75) is 115 Å². The summed E-state index contributed by atoms with van der Waals surface area (Å²) in [7, 11) is -10.1. The third-order valence-corrected chi connectivity index (χ3v) is 13.3. The summed E-state index contributed by atoms with van der Waals surface area (Å²) in [4.78, 5) is 64.3. The fraction of sp³-hybridized carbons (Fsp3) is 0.346. The average molecular weight is 1200 g/mol. The number of nitrogens with one attached hydrogen (secondary N) is 6. The Morgan fingerprint density at radius 2 is 0.683 bits per heavy atom. The molecule has 0 fully saturated rings. The molecule has 0 spiro atoms. The third kappa shape index (κ3) is 20.2. The Bertz CT molecular complexity index is 3760. The second-order valence-electron chi connectivity index (χ2n) is 22.1. The molecular formula is C52H60N12Na4O12S2. The van der Waals surface area contributed by atoms with E-state index in [2.05, 4.69) is 59.9 Å². The molecule has 416 valence electrons. The fourth-order valence-corrected chi connectivity index (χ4v) is 9.12. The number of aromatic nitrogens is 6. The number of carboxylic acid groups (broad SMARTS) is 2. The summed E-state index contributed by atoms with van der Waals surface area (Å²) in [6, 6.07) is 13.7. The van der Waals surface area contributed by atoms with Crippen molar-refractivity contribution in [3.05, 3.63) is 128 Å². The van der Waals surface area contributed by atoms with E-state index in [1.165, 1.54) is 24.3 Å². The molecule has 2 heterocycles. The van der Waals surface area contributed by atoms with Gasteiger partial charge in [0.15, 0.2) is 0 Å². The van der Waals surface area contributed by atoms with Crippen molar-refractivity contribution in [1.29, 1.82) is 0 Å². The van der Waals surface area contributed by atoms with E-state index in [1.54, 1.807) is 24.3 Å². The Morgan fingerprint density at radius 1 is 0.439 bits per heavy atom. The summed E-state index contributed by atoms with van der Waals surface area (Å²) in [5.74, 6) is -3.29. The number of nitrogens with zero attached hydrogens (tertiary/aromatic N) is 6. The molecule has 0 amide bonds. The molecule has 0 unspecified atom stereocenters. The standard InChI is InChI=1S/C52H64N12O12S2.4Na/c1-49(2,3)33-19-31(20-34(41(33)69)50(4,5)6)57-47-61-43(53-25-39(65)66)59-45(63-47)55-29-17-15-27(37(23-29)77(71,72)73)13-14-28-16-18-30(24-38(28)78(74,75)76)56-46-60-44(54-26-40(67)68)62-48(64-46)58-32-21-35(51(7,8)9)42(70)36(22-32)52(10,11)12;;;;/h13-24,69-70H,25-26H2,1-12H3,(H,65,66)(H,67,68)(H,71,72,73)(H,74,75,76)(H3,53,55,57,59,61,63)(H3,54,56,58,60,62,64);;;;/q;4*+1/p-4/b14-13+;;;;. The molecule has 0 aliphatic rings. The number of H-pyrrole nitrogens is 6. The number of hydrogen-bond acceptors (Lipinski definition) is 16. The molecule has 6 rings (SSSR count). The van der Waals surface area contributed by atoms with E-state index >= 15 is 0 Å². The molecule has 0 saturated heterocycles. The molecule has 0 radical (unpaired) electrons. The van der Waals surface area contributed by atoms with E-state index in [-0.39, 0.29) is 186 Å². The molecule has 0 saturated carbocycles. The van der Waals surface area contributed by atoms with Crippen LogP contribution in [0, 0.1) is 0 Å². The first-order valence-electron chi connectivity index (χ1n) is 23.9. The van der Waals surface area contributed by atoms with Gasteiger partial charge in [0.05, 0.1) is 47.8 Å². The molecule has 0 aliphatic carbocycles. The largest absolute Gasteiger partial charge is 1.00 e. The van der Waals surface area contributed by atoms with E-state index in [9.17, 15) is 56.0 Å². The molecule has 0 bridgehead atoms. The fourth-order valence-electron chi connectivity index (χ4n) is 7.72. The minimum atomic E-state index is -5.03. The van der Waals surface area contributed by atoms with Gasteiger partial charge < -0.3 is 30.0 Å². The maximum atomic E-state index is 13.5. The van der Waals surface area contributed by atoms with E-state index in [0.29, 0.717) is 33.6 Å². The first-order valence-corrected chi connectivity index (χ1v) is 26.8. The molecule has 0 aliphatic heterocycles. The normalized spacial score (nSPS) is 13.8. The van der Waals surface area contributed by atoms with Crippen molar-refractivity contribution in [1.82, 2.24) is 29.9 Å². The minimum absolute atomic E-state index is 0. The summed E-state index contributed by atoms with van der Waals surface area (Å²) in [5.41, 5.74) is -0.652. The average Bonchev–Trinajstić information content (AvgIpc) is 3.29. The topological polar surface area (TPSA) is 404 Å². The number of carboxylic acids is 2. The minimum Gasteiger partial charge on any atom is -0.872 e. The Morgan fingerprint density at radius 3 is 0.915 bits per heavy atom. The van der Waals surface area contributed by atoms with Crippen molar-refractivity contribution >= 4 is 67.1 Å². The van der Waals surface area contributed by atoms with Crippen LogP contribution >= 0.6 is 0 Å². The Hall–Kier alpha value is -4.20. The Labute approximate surface area is 561 Å². The van der Waals surface area contributed by atoms with Gasteiger partial charge in [-0.1, -0.05) is 107 Å². The van der Waals surface area contributed by atoms with Gasteiger partial charge in [-0.2, -0.15) is 16.8 Å². The van der Waals surface area contributed by atoms with Gasteiger partial charge in [-0.05, 0) is 104 Å². The molecule has 82 heavy (non-hydrogen) atoms. The van der Waals surface area contributed by atoms with E-state index in [4.69, 9.17) is 0 Å². The van der Waals surface area contributed by atoms with Gasteiger partial charge in [0, 0.05) is 0 Å². The zero-order valence-electron chi connectivity index (χ0n) is 48.8. The molecule has 30 heteroatoms. The summed E-state index contributed by atoms with van der Waals surface area (Å²) >= 11 is 0. The van der Waals surface area contributed by atoms with Crippen LogP contribution in [-0.2, 0) is 51.5 Å². The maximum absolute atomic E-state index is 13.5. The molecule has 0 atom stereocenters. The van der Waals surface area contributed by atoms with Crippen LogP contribution in [0.2, 0.25) is 0 Å². The Balaban J connectivity index is 0.00000574. The van der Waals surface area contributed by atoms with Gasteiger partial charge in [0.2, 0.25) is 33.7 Å². The number of carbonyl (C=O) groups is 2. The van der Waals surface area contributed by atoms with Crippen molar-refractivity contribution in [2.24, 2.45) is 30.0 Å². The van der Waals surface area contributed by atoms with E-state index < -0.39 is 76.7 Å². The monoisotopic (exact) mass is 1200 g/mol. The molecule has 6 aromatic rings. The first kappa shape index (κ1) is 73.9. The first-order chi connectivity index (χ1) is 35.8.